The number of carbonyl (C=O) groups excluding carboxylic acids is 2. The summed E-state index contributed by atoms with van der Waals surface area (Å²) in [5, 5.41) is 0. The second kappa shape index (κ2) is 9.62. The Kier molecular flexibility index (Phi) is 10.6. The number of ketones is 2. The summed E-state index contributed by atoms with van der Waals surface area (Å²) >= 11 is 0. The van der Waals surface area contributed by atoms with Crippen molar-refractivity contribution >= 4 is 11.6 Å². The molecule has 0 radical (unpaired) electrons. The zero-order valence-electron chi connectivity index (χ0n) is 7.66. The molecule has 12 heavy (non-hydrogen) atoms. The van der Waals surface area contributed by atoms with E-state index in [1.807, 2.05) is 0 Å². The topological polar surface area (TPSA) is 43.4 Å². The van der Waals surface area contributed by atoms with E-state index in [1.165, 1.54) is 39.4 Å². The molecule has 0 aromatic carbocycles. The van der Waals surface area contributed by atoms with Gasteiger partial charge in [-0.1, -0.05) is 6.58 Å². The third kappa shape index (κ3) is 23.4. The van der Waals surface area contributed by atoms with Crippen molar-refractivity contribution in [2.75, 3.05) is 7.11 Å². The lowest BCUT2D eigenvalue weighted by molar-refractivity contribution is -0.113. The van der Waals surface area contributed by atoms with Crippen LogP contribution in [0.4, 0.5) is 0 Å². The predicted molar refractivity (Wildman–Crippen MR) is 47.7 cm³/mol. The van der Waals surface area contributed by atoms with Crippen LogP contribution in [0.15, 0.2) is 25.0 Å². The van der Waals surface area contributed by atoms with Crippen molar-refractivity contribution in [2.24, 2.45) is 0 Å². The van der Waals surface area contributed by atoms with Gasteiger partial charge in [-0.2, -0.15) is 0 Å². The molecule has 0 bridgehead atoms. The normalized spacial score (nSPS) is 8.25. The summed E-state index contributed by atoms with van der Waals surface area (Å²) in [6.45, 7) is 6.14. The van der Waals surface area contributed by atoms with Gasteiger partial charge in [-0.15, -0.1) is 0 Å². The fourth-order valence-electron chi connectivity index (χ4n) is 0.164. The highest BCUT2D eigenvalue weighted by molar-refractivity contribution is 5.87. The highest BCUT2D eigenvalue weighted by atomic mass is 16.5. The molecule has 0 aliphatic rings. The van der Waals surface area contributed by atoms with Gasteiger partial charge in [0.25, 0.3) is 0 Å². The smallest absolute Gasteiger partial charge is 0.155 e. The molecule has 0 aromatic rings. The van der Waals surface area contributed by atoms with Crippen LogP contribution in [0.3, 0.4) is 0 Å². The van der Waals surface area contributed by atoms with E-state index < -0.39 is 0 Å². The molecule has 0 atom stereocenters. The average Bonchev–Trinajstić information content (AvgIpc) is 2.02. The van der Waals surface area contributed by atoms with E-state index in [9.17, 15) is 9.59 Å². The van der Waals surface area contributed by atoms with Gasteiger partial charge in [0.2, 0.25) is 0 Å². The standard InChI is InChI=1S/C5H8O2.C4H6O/c1-5(6)3-4-7-2;1-3-4(2)5/h3-4H,1-2H3;3H,1H2,2H3. The fraction of sp³-hybridized carbons (Fsp3) is 0.333. The number of methoxy groups -OCH3 is 1. The maximum Gasteiger partial charge on any atom is 0.155 e. The lowest BCUT2D eigenvalue weighted by Gasteiger charge is -1.80. The second-order valence-electron chi connectivity index (χ2n) is 1.96. The molecule has 3 nitrogen and oxygen atoms in total. The molecule has 0 saturated heterocycles. The first-order chi connectivity index (χ1) is 5.54. The van der Waals surface area contributed by atoms with E-state index in [2.05, 4.69) is 11.3 Å². The molecule has 0 aromatic heterocycles. The van der Waals surface area contributed by atoms with Crippen molar-refractivity contribution < 1.29 is 14.3 Å². The Balaban J connectivity index is 0. The van der Waals surface area contributed by atoms with Gasteiger partial charge in [-0.25, -0.2) is 0 Å². The van der Waals surface area contributed by atoms with E-state index in [1.54, 1.807) is 0 Å². The second-order valence-corrected chi connectivity index (χ2v) is 1.96. The minimum atomic E-state index is 0.00171. The average molecular weight is 170 g/mol. The van der Waals surface area contributed by atoms with E-state index in [0.717, 1.165) is 0 Å². The fourth-order valence-corrected chi connectivity index (χ4v) is 0.164. The Bertz CT molecular complexity index is 180. The molecule has 68 valence electrons. The molecule has 0 aliphatic carbocycles. The molecule has 0 aliphatic heterocycles. The van der Waals surface area contributed by atoms with E-state index in [0.29, 0.717) is 0 Å². The molecule has 0 amide bonds. The first kappa shape index (κ1) is 13.2. The number of ether oxygens (including phenoxy) is 1. The van der Waals surface area contributed by atoms with Gasteiger partial charge in [0, 0.05) is 6.08 Å². The van der Waals surface area contributed by atoms with Gasteiger partial charge in [-0.05, 0) is 19.9 Å². The third-order valence-corrected chi connectivity index (χ3v) is 0.726. The Morgan fingerprint density at radius 1 is 1.25 bits per heavy atom. The van der Waals surface area contributed by atoms with Gasteiger partial charge >= 0.3 is 0 Å². The Morgan fingerprint density at radius 3 is 1.75 bits per heavy atom. The molecule has 0 spiro atoms. The van der Waals surface area contributed by atoms with Crippen LogP contribution in [-0.2, 0) is 14.3 Å². The van der Waals surface area contributed by atoms with Crippen molar-refractivity contribution in [2.45, 2.75) is 13.8 Å². The van der Waals surface area contributed by atoms with Crippen LogP contribution in [0.5, 0.6) is 0 Å². The zero-order chi connectivity index (χ0) is 9.98. The van der Waals surface area contributed by atoms with Crippen molar-refractivity contribution in [1.29, 1.82) is 0 Å². The quantitative estimate of drug-likeness (QED) is 0.476. The summed E-state index contributed by atoms with van der Waals surface area (Å²) in [5.41, 5.74) is 0. The monoisotopic (exact) mass is 170 g/mol. The maximum absolute atomic E-state index is 10.0. The summed E-state index contributed by atoms with van der Waals surface area (Å²) < 4.78 is 4.45. The summed E-state index contributed by atoms with van der Waals surface area (Å²) in [5.74, 6) is 0.0202. The number of hydrogen-bond donors (Lipinski definition) is 0. The highest BCUT2D eigenvalue weighted by Crippen LogP contribution is 1.72. The molecule has 0 unspecified atom stereocenters. The Morgan fingerprint density at radius 2 is 1.67 bits per heavy atom. The van der Waals surface area contributed by atoms with Crippen molar-refractivity contribution in [3.63, 3.8) is 0 Å². The molecule has 0 N–H and O–H groups in total. The lowest BCUT2D eigenvalue weighted by Crippen LogP contribution is -1.79. The SMILES string of the molecule is C=CC(C)=O.COC=CC(C)=O. The third-order valence-electron chi connectivity index (χ3n) is 0.726. The van der Waals surface area contributed by atoms with Crippen LogP contribution >= 0.6 is 0 Å². The van der Waals surface area contributed by atoms with E-state index >= 15 is 0 Å². The number of carbonyl (C=O) groups is 2. The molecule has 0 saturated carbocycles. The molecule has 0 fully saturated rings. The summed E-state index contributed by atoms with van der Waals surface area (Å²) in [6, 6.07) is 0. The number of allylic oxidation sites excluding steroid dienone is 2. The number of rotatable bonds is 3. The van der Waals surface area contributed by atoms with Gasteiger partial charge in [-0.3, -0.25) is 9.59 Å². The van der Waals surface area contributed by atoms with Gasteiger partial charge < -0.3 is 4.74 Å². The highest BCUT2D eigenvalue weighted by Gasteiger charge is 1.76. The van der Waals surface area contributed by atoms with Crippen molar-refractivity contribution in [1.82, 2.24) is 0 Å². The molecular weight excluding hydrogens is 156 g/mol. The molecule has 3 heteroatoms. The maximum atomic E-state index is 10.0. The van der Waals surface area contributed by atoms with Crippen molar-refractivity contribution in [3.05, 3.63) is 25.0 Å². The van der Waals surface area contributed by atoms with E-state index in [4.69, 9.17) is 0 Å². The summed E-state index contributed by atoms with van der Waals surface area (Å²) in [4.78, 5) is 19.7. The van der Waals surface area contributed by atoms with Crippen LogP contribution in [0.1, 0.15) is 13.8 Å². The van der Waals surface area contributed by atoms with E-state index in [-0.39, 0.29) is 11.6 Å². The lowest BCUT2D eigenvalue weighted by atomic mass is 10.4. The van der Waals surface area contributed by atoms with Crippen molar-refractivity contribution in [3.8, 4) is 0 Å². The predicted octanol–water partition coefficient (Wildman–Crippen LogP) is 1.50. The minimum absolute atomic E-state index is 0.00171. The van der Waals surface area contributed by atoms with Crippen LogP contribution in [-0.4, -0.2) is 18.7 Å². The van der Waals surface area contributed by atoms with Gasteiger partial charge in [0.1, 0.15) is 0 Å². The minimum Gasteiger partial charge on any atom is -0.504 e. The summed E-state index contributed by atoms with van der Waals surface area (Å²) in [6.07, 6.45) is 3.99. The van der Waals surface area contributed by atoms with Gasteiger partial charge in [0.15, 0.2) is 11.6 Å². The molecule has 0 heterocycles. The largest absolute Gasteiger partial charge is 0.504 e. The van der Waals surface area contributed by atoms with Gasteiger partial charge in [0.05, 0.1) is 13.4 Å². The Labute approximate surface area is 72.7 Å². The molecular formula is C9H14O3. The summed E-state index contributed by atoms with van der Waals surface area (Å²) in [7, 11) is 1.50. The first-order valence-corrected chi connectivity index (χ1v) is 3.37. The van der Waals surface area contributed by atoms with Crippen LogP contribution < -0.4 is 0 Å². The zero-order valence-corrected chi connectivity index (χ0v) is 7.66. The van der Waals surface area contributed by atoms with Crippen LogP contribution in [0.25, 0.3) is 0 Å². The first-order valence-electron chi connectivity index (χ1n) is 3.37. The molecule has 0 rings (SSSR count). The Hall–Kier alpha value is -1.38. The van der Waals surface area contributed by atoms with Crippen LogP contribution in [0.2, 0.25) is 0 Å². The number of hydrogen-bond acceptors (Lipinski definition) is 3. The van der Waals surface area contributed by atoms with Crippen LogP contribution in [0, 0.1) is 0 Å².